The number of hydrogen-bond donors (Lipinski definition) is 2. The molecule has 0 fully saturated rings. The van der Waals surface area contributed by atoms with Gasteiger partial charge in [0.1, 0.15) is 11.8 Å². The van der Waals surface area contributed by atoms with Crippen molar-refractivity contribution in [2.45, 2.75) is 31.9 Å². The maximum absolute atomic E-state index is 12.5. The van der Waals surface area contributed by atoms with Crippen LogP contribution in [-0.2, 0) is 4.79 Å². The minimum atomic E-state index is -4.39. The minimum Gasteiger partial charge on any atom is -0.511 e. The zero-order valence-electron chi connectivity index (χ0n) is 11.5. The molecular formula is C15H13F3N2O2. The quantitative estimate of drug-likeness (QED) is 0.363. The highest BCUT2D eigenvalue weighted by Crippen LogP contribution is 2.32. The summed E-state index contributed by atoms with van der Waals surface area (Å²) in [5.41, 5.74) is -0.935. The van der Waals surface area contributed by atoms with Gasteiger partial charge in [-0.15, -0.1) is 12.3 Å². The number of nitriles is 1. The number of nitrogens with one attached hydrogen (secondary N) is 1. The Labute approximate surface area is 125 Å². The summed E-state index contributed by atoms with van der Waals surface area (Å²) in [7, 11) is 0. The molecule has 0 aromatic heterocycles. The predicted molar refractivity (Wildman–Crippen MR) is 72.9 cm³/mol. The van der Waals surface area contributed by atoms with Crippen LogP contribution < -0.4 is 5.32 Å². The summed E-state index contributed by atoms with van der Waals surface area (Å²) in [6.45, 7) is 0. The normalized spacial score (nSPS) is 15.7. The van der Waals surface area contributed by atoms with E-state index in [2.05, 4.69) is 11.2 Å². The lowest BCUT2D eigenvalue weighted by Gasteiger charge is -2.17. The van der Waals surface area contributed by atoms with Crippen molar-refractivity contribution in [2.75, 3.05) is 0 Å². The molecular weight excluding hydrogens is 297 g/mol. The van der Waals surface area contributed by atoms with E-state index in [0.29, 0.717) is 0 Å². The van der Waals surface area contributed by atoms with Gasteiger partial charge in [0.05, 0.1) is 0 Å². The van der Waals surface area contributed by atoms with Crippen molar-refractivity contribution < 1.29 is 23.1 Å². The van der Waals surface area contributed by atoms with Crippen LogP contribution >= 0.6 is 0 Å². The highest BCUT2D eigenvalue weighted by molar-refractivity contribution is 5.98. The molecule has 0 saturated carbocycles. The van der Waals surface area contributed by atoms with E-state index < -0.39 is 29.0 Å². The molecule has 0 unspecified atom stereocenters. The molecule has 0 radical (unpaired) electrons. The van der Waals surface area contributed by atoms with E-state index in [9.17, 15) is 23.1 Å². The zero-order valence-corrected chi connectivity index (χ0v) is 11.5. The summed E-state index contributed by atoms with van der Waals surface area (Å²) in [6.07, 6.45) is 2.51. The second kappa shape index (κ2) is 7.37. The molecule has 7 heteroatoms. The molecule has 0 saturated heterocycles. The Hall–Kier alpha value is -2.67. The van der Waals surface area contributed by atoms with E-state index in [1.165, 1.54) is 0 Å². The molecule has 0 bridgehead atoms. The summed E-state index contributed by atoms with van der Waals surface area (Å²) in [6, 6.07) is 1.56. The highest BCUT2D eigenvalue weighted by Gasteiger charge is 2.33. The molecule has 116 valence electrons. The lowest BCUT2D eigenvalue weighted by atomic mass is 10.0. The van der Waals surface area contributed by atoms with Gasteiger partial charge >= 0.3 is 6.18 Å². The molecule has 0 spiro atoms. The van der Waals surface area contributed by atoms with Crippen LogP contribution in [0.3, 0.4) is 0 Å². The first-order chi connectivity index (χ1) is 10.3. The molecule has 2 N–H and O–H groups in total. The van der Waals surface area contributed by atoms with Crippen molar-refractivity contribution in [3.05, 3.63) is 34.8 Å². The number of carbonyl (C=O) groups excluding carboxylic acids is 1. The highest BCUT2D eigenvalue weighted by atomic mass is 19.4. The second-order valence-corrected chi connectivity index (χ2v) is 4.47. The Kier molecular flexibility index (Phi) is 5.82. The van der Waals surface area contributed by atoms with Crippen molar-refractivity contribution in [1.29, 1.82) is 5.26 Å². The number of aliphatic hydroxyl groups excluding tert-OH is 1. The second-order valence-electron chi connectivity index (χ2n) is 4.47. The van der Waals surface area contributed by atoms with Gasteiger partial charge in [0.15, 0.2) is 5.57 Å². The molecule has 0 aliphatic heterocycles. The van der Waals surface area contributed by atoms with Crippen molar-refractivity contribution in [2.24, 2.45) is 0 Å². The maximum atomic E-state index is 12.5. The largest absolute Gasteiger partial charge is 0.511 e. The van der Waals surface area contributed by atoms with Gasteiger partial charge in [-0.3, -0.25) is 4.79 Å². The standard InChI is InChI=1S/C15H13F3N2O2/c1-2-3-4-13(21)12(9-19)14(22)20-11-7-5-10(6-8-11)15(16,17)18/h1,5,7,21H,3-4,6,8H2,(H,20,22)/b13-12-. The van der Waals surface area contributed by atoms with Crippen molar-refractivity contribution in [3.8, 4) is 18.4 Å². The molecule has 1 amide bonds. The van der Waals surface area contributed by atoms with Crippen LogP contribution in [0.15, 0.2) is 34.8 Å². The molecule has 0 heterocycles. The first-order valence-corrected chi connectivity index (χ1v) is 6.33. The number of hydrogen-bond acceptors (Lipinski definition) is 3. The fraction of sp³-hybridized carbons (Fsp3) is 0.333. The van der Waals surface area contributed by atoms with Gasteiger partial charge in [0, 0.05) is 24.1 Å². The van der Waals surface area contributed by atoms with Crippen molar-refractivity contribution in [1.82, 2.24) is 5.32 Å². The molecule has 0 aromatic rings. The SMILES string of the molecule is C#CCC/C(O)=C(\C#N)C(=O)NC1=CC=C(C(F)(F)F)CC1. The van der Waals surface area contributed by atoms with Gasteiger partial charge in [0.25, 0.3) is 5.91 Å². The minimum absolute atomic E-state index is 0.0130. The first-order valence-electron chi connectivity index (χ1n) is 6.33. The molecule has 0 aromatic carbocycles. The zero-order chi connectivity index (χ0) is 16.8. The Morgan fingerprint density at radius 1 is 1.41 bits per heavy atom. The van der Waals surface area contributed by atoms with Gasteiger partial charge in [-0.2, -0.15) is 18.4 Å². The van der Waals surface area contributed by atoms with E-state index in [-0.39, 0.29) is 31.4 Å². The number of amides is 1. The lowest BCUT2D eigenvalue weighted by molar-refractivity contribution is -0.116. The van der Waals surface area contributed by atoms with Gasteiger partial charge in [-0.05, 0) is 18.9 Å². The fourth-order valence-corrected chi connectivity index (χ4v) is 1.75. The summed E-state index contributed by atoms with van der Waals surface area (Å²) in [4.78, 5) is 11.8. The average molecular weight is 310 g/mol. The third-order valence-electron chi connectivity index (χ3n) is 2.92. The van der Waals surface area contributed by atoms with Crippen molar-refractivity contribution >= 4 is 5.91 Å². The number of nitrogens with zero attached hydrogens (tertiary/aromatic N) is 1. The summed E-state index contributed by atoms with van der Waals surface area (Å²) < 4.78 is 37.4. The van der Waals surface area contributed by atoms with Crippen LogP contribution in [0.2, 0.25) is 0 Å². The van der Waals surface area contributed by atoms with Crippen LogP contribution in [0, 0.1) is 23.7 Å². The van der Waals surface area contributed by atoms with Gasteiger partial charge in [0.2, 0.25) is 0 Å². The Morgan fingerprint density at radius 3 is 2.55 bits per heavy atom. The Morgan fingerprint density at radius 2 is 2.09 bits per heavy atom. The topological polar surface area (TPSA) is 73.1 Å². The summed E-state index contributed by atoms with van der Waals surface area (Å²) in [5.74, 6) is 0.944. The number of aliphatic hydroxyl groups is 1. The van der Waals surface area contributed by atoms with E-state index in [1.54, 1.807) is 6.07 Å². The van der Waals surface area contributed by atoms with E-state index in [0.717, 1.165) is 12.2 Å². The van der Waals surface area contributed by atoms with Gasteiger partial charge in [-0.25, -0.2) is 0 Å². The Bertz CT molecular complexity index is 629. The molecule has 1 aliphatic carbocycles. The van der Waals surface area contributed by atoms with Crippen LogP contribution in [0.5, 0.6) is 0 Å². The molecule has 4 nitrogen and oxygen atoms in total. The molecule has 0 atom stereocenters. The number of allylic oxidation sites excluding steroid dienone is 5. The molecule has 1 rings (SSSR count). The number of alkyl halides is 3. The fourth-order valence-electron chi connectivity index (χ4n) is 1.75. The van der Waals surface area contributed by atoms with Crippen molar-refractivity contribution in [3.63, 3.8) is 0 Å². The Balaban J connectivity index is 2.82. The first kappa shape index (κ1) is 17.4. The van der Waals surface area contributed by atoms with Crippen LogP contribution in [-0.4, -0.2) is 17.2 Å². The van der Waals surface area contributed by atoms with Crippen LogP contribution in [0.4, 0.5) is 13.2 Å². The smallest absolute Gasteiger partial charge is 0.412 e. The van der Waals surface area contributed by atoms with Gasteiger partial charge < -0.3 is 10.4 Å². The summed E-state index contributed by atoms with van der Waals surface area (Å²) >= 11 is 0. The molecule has 1 aliphatic rings. The van der Waals surface area contributed by atoms with E-state index in [1.807, 2.05) is 0 Å². The van der Waals surface area contributed by atoms with E-state index >= 15 is 0 Å². The van der Waals surface area contributed by atoms with Crippen LogP contribution in [0.25, 0.3) is 0 Å². The third kappa shape index (κ3) is 4.71. The number of carbonyl (C=O) groups is 1. The average Bonchev–Trinajstić information content (AvgIpc) is 2.45. The van der Waals surface area contributed by atoms with Gasteiger partial charge in [-0.1, -0.05) is 6.08 Å². The predicted octanol–water partition coefficient (Wildman–Crippen LogP) is 3.02. The monoisotopic (exact) mass is 310 g/mol. The number of terminal acetylenes is 1. The lowest BCUT2D eigenvalue weighted by Crippen LogP contribution is -2.26. The van der Waals surface area contributed by atoms with Crippen LogP contribution in [0.1, 0.15) is 25.7 Å². The van der Waals surface area contributed by atoms with E-state index in [4.69, 9.17) is 11.7 Å². The number of halogens is 3. The molecule has 22 heavy (non-hydrogen) atoms. The maximum Gasteiger partial charge on any atom is 0.412 e. The summed E-state index contributed by atoms with van der Waals surface area (Å²) in [5, 5.41) is 20.8. The third-order valence-corrected chi connectivity index (χ3v) is 2.92. The number of rotatable bonds is 4.